The van der Waals surface area contributed by atoms with Gasteiger partial charge in [-0.1, -0.05) is 20.8 Å². The lowest BCUT2D eigenvalue weighted by Gasteiger charge is -2.42. The van der Waals surface area contributed by atoms with Crippen LogP contribution >= 0.6 is 0 Å². The van der Waals surface area contributed by atoms with Crippen LogP contribution in [0.5, 0.6) is 0 Å². The quantitative estimate of drug-likeness (QED) is 0.702. The summed E-state index contributed by atoms with van der Waals surface area (Å²) in [6, 6.07) is 0. The number of ether oxygens (including phenoxy) is 1. The number of carbonyl (C=O) groups excluding carboxylic acids is 1. The molecule has 18 heavy (non-hydrogen) atoms. The van der Waals surface area contributed by atoms with Gasteiger partial charge in [-0.2, -0.15) is 0 Å². The summed E-state index contributed by atoms with van der Waals surface area (Å²) in [6.45, 7) is 10.5. The molecule has 2 nitrogen and oxygen atoms in total. The normalized spacial score (nSPS) is 35.2. The largest absolute Gasteiger partial charge is 0.458 e. The Kier molecular flexibility index (Phi) is 3.50. The van der Waals surface area contributed by atoms with Crippen molar-refractivity contribution < 1.29 is 9.53 Å². The average molecular weight is 252 g/mol. The molecule has 0 aromatic carbocycles. The Balaban J connectivity index is 2.16. The van der Waals surface area contributed by atoms with Crippen molar-refractivity contribution in [2.45, 2.75) is 72.3 Å². The van der Waals surface area contributed by atoms with Gasteiger partial charge in [-0.05, 0) is 63.7 Å². The molecule has 2 bridgehead atoms. The van der Waals surface area contributed by atoms with E-state index in [1.54, 1.807) is 0 Å². The molecule has 3 unspecified atom stereocenters. The first-order valence-corrected chi connectivity index (χ1v) is 7.55. The highest BCUT2D eigenvalue weighted by atomic mass is 16.6. The van der Waals surface area contributed by atoms with Crippen molar-refractivity contribution >= 4 is 5.97 Å². The summed E-state index contributed by atoms with van der Waals surface area (Å²) in [4.78, 5) is 12.4. The minimum Gasteiger partial charge on any atom is -0.458 e. The van der Waals surface area contributed by atoms with Gasteiger partial charge >= 0.3 is 5.97 Å². The van der Waals surface area contributed by atoms with Crippen LogP contribution in [0.25, 0.3) is 0 Å². The van der Waals surface area contributed by atoms with E-state index in [4.69, 9.17) is 4.74 Å². The van der Waals surface area contributed by atoms with Gasteiger partial charge in [-0.25, -0.2) is 0 Å². The van der Waals surface area contributed by atoms with Crippen molar-refractivity contribution in [3.8, 4) is 0 Å². The van der Waals surface area contributed by atoms with Crippen molar-refractivity contribution in [1.82, 2.24) is 0 Å². The highest BCUT2D eigenvalue weighted by Gasteiger charge is 2.56. The minimum atomic E-state index is -0.344. The van der Waals surface area contributed by atoms with Crippen LogP contribution in [0.15, 0.2) is 0 Å². The maximum Gasteiger partial charge on any atom is 0.312 e. The van der Waals surface area contributed by atoms with Crippen LogP contribution in [0.1, 0.15) is 66.7 Å². The average Bonchev–Trinajstić information content (AvgIpc) is 2.89. The highest BCUT2D eigenvalue weighted by Crippen LogP contribution is 2.56. The Morgan fingerprint density at radius 2 is 2.06 bits per heavy atom. The molecule has 0 radical (unpaired) electrons. The molecule has 0 heterocycles. The van der Waals surface area contributed by atoms with E-state index in [0.29, 0.717) is 11.8 Å². The van der Waals surface area contributed by atoms with Crippen molar-refractivity contribution in [2.24, 2.45) is 23.2 Å². The summed E-state index contributed by atoms with van der Waals surface area (Å²) in [5.74, 6) is 1.85. The summed E-state index contributed by atoms with van der Waals surface area (Å²) in [5, 5.41) is 0. The first-order chi connectivity index (χ1) is 8.32. The van der Waals surface area contributed by atoms with Crippen LogP contribution in [-0.4, -0.2) is 11.6 Å². The molecule has 0 aliphatic heterocycles. The SMILES string of the molecule is CCC(C)(C)C(=O)OC1(C(C)C)CC2CCC1C2. The van der Waals surface area contributed by atoms with Gasteiger partial charge in [-0.15, -0.1) is 0 Å². The van der Waals surface area contributed by atoms with E-state index in [9.17, 15) is 4.79 Å². The summed E-state index contributed by atoms with van der Waals surface area (Å²) in [6.07, 6.45) is 5.81. The third-order valence-corrected chi connectivity index (χ3v) is 5.54. The predicted octanol–water partition coefficient (Wildman–Crippen LogP) is 4.18. The summed E-state index contributed by atoms with van der Waals surface area (Å²) in [7, 11) is 0. The van der Waals surface area contributed by atoms with E-state index >= 15 is 0 Å². The molecule has 0 spiro atoms. The second kappa shape index (κ2) is 4.54. The van der Waals surface area contributed by atoms with E-state index in [2.05, 4.69) is 20.8 Å². The lowest BCUT2D eigenvalue weighted by Crippen LogP contribution is -2.47. The molecular weight excluding hydrogens is 224 g/mol. The van der Waals surface area contributed by atoms with Crippen LogP contribution in [0, 0.1) is 23.2 Å². The fraction of sp³-hybridized carbons (Fsp3) is 0.938. The summed E-state index contributed by atoms with van der Waals surface area (Å²) in [5.41, 5.74) is -0.504. The summed E-state index contributed by atoms with van der Waals surface area (Å²) < 4.78 is 6.11. The van der Waals surface area contributed by atoms with Gasteiger partial charge in [0.25, 0.3) is 0 Å². The third kappa shape index (κ3) is 2.08. The Labute approximate surface area is 111 Å². The second-order valence-corrected chi connectivity index (χ2v) is 7.32. The van der Waals surface area contributed by atoms with E-state index in [1.165, 1.54) is 19.3 Å². The van der Waals surface area contributed by atoms with Gasteiger partial charge < -0.3 is 4.74 Å². The van der Waals surface area contributed by atoms with Crippen LogP contribution < -0.4 is 0 Å². The summed E-state index contributed by atoms with van der Waals surface area (Å²) >= 11 is 0. The van der Waals surface area contributed by atoms with Gasteiger partial charge in [0.05, 0.1) is 5.41 Å². The van der Waals surface area contributed by atoms with Crippen molar-refractivity contribution in [2.75, 3.05) is 0 Å². The Bertz CT molecular complexity index is 332. The molecule has 2 saturated carbocycles. The molecule has 2 rings (SSSR count). The fourth-order valence-electron chi connectivity index (χ4n) is 3.73. The zero-order valence-electron chi connectivity index (χ0n) is 12.6. The number of rotatable bonds is 4. The zero-order valence-corrected chi connectivity index (χ0v) is 12.6. The maximum atomic E-state index is 12.4. The van der Waals surface area contributed by atoms with Gasteiger partial charge in [0.15, 0.2) is 0 Å². The lowest BCUT2D eigenvalue weighted by molar-refractivity contribution is -0.183. The maximum absolute atomic E-state index is 12.4. The number of esters is 1. The van der Waals surface area contributed by atoms with Gasteiger partial charge in [0.2, 0.25) is 0 Å². The van der Waals surface area contributed by atoms with E-state index < -0.39 is 0 Å². The molecule has 0 aromatic heterocycles. The van der Waals surface area contributed by atoms with Crippen molar-refractivity contribution in [1.29, 1.82) is 0 Å². The Morgan fingerprint density at radius 3 is 2.44 bits per heavy atom. The zero-order chi connectivity index (χ0) is 13.6. The topological polar surface area (TPSA) is 26.3 Å². The fourth-order valence-corrected chi connectivity index (χ4v) is 3.73. The second-order valence-electron chi connectivity index (χ2n) is 7.32. The molecule has 2 aliphatic rings. The molecule has 0 saturated heterocycles. The first-order valence-electron chi connectivity index (χ1n) is 7.55. The molecule has 0 aromatic rings. The standard InChI is InChI=1S/C16H28O2/c1-6-15(4,5)14(17)18-16(11(2)3)10-12-7-8-13(16)9-12/h11-13H,6-10H2,1-5H3. The molecule has 2 heteroatoms. The number of carbonyl (C=O) groups is 1. The van der Waals surface area contributed by atoms with Gasteiger partial charge in [0, 0.05) is 0 Å². The van der Waals surface area contributed by atoms with Crippen LogP contribution in [-0.2, 0) is 9.53 Å². The molecule has 2 aliphatic carbocycles. The molecule has 0 N–H and O–H groups in total. The molecule has 3 atom stereocenters. The smallest absolute Gasteiger partial charge is 0.312 e. The van der Waals surface area contributed by atoms with Crippen LogP contribution in [0.4, 0.5) is 0 Å². The van der Waals surface area contributed by atoms with E-state index in [0.717, 1.165) is 18.8 Å². The van der Waals surface area contributed by atoms with Gasteiger partial charge in [-0.3, -0.25) is 4.79 Å². The minimum absolute atomic E-state index is 0.00579. The molecule has 104 valence electrons. The number of hydrogen-bond acceptors (Lipinski definition) is 2. The predicted molar refractivity (Wildman–Crippen MR) is 73.2 cm³/mol. The highest BCUT2D eigenvalue weighted by molar-refractivity contribution is 5.76. The molecule has 2 fully saturated rings. The first kappa shape index (κ1) is 13.9. The van der Waals surface area contributed by atoms with Crippen molar-refractivity contribution in [3.63, 3.8) is 0 Å². The number of fused-ring (bicyclic) bond motifs is 2. The van der Waals surface area contributed by atoms with Gasteiger partial charge in [0.1, 0.15) is 5.60 Å². The van der Waals surface area contributed by atoms with Crippen LogP contribution in [0.2, 0.25) is 0 Å². The Hall–Kier alpha value is -0.530. The van der Waals surface area contributed by atoms with Crippen LogP contribution in [0.3, 0.4) is 0 Å². The van der Waals surface area contributed by atoms with E-state index in [1.807, 2.05) is 13.8 Å². The van der Waals surface area contributed by atoms with Crippen molar-refractivity contribution in [3.05, 3.63) is 0 Å². The monoisotopic (exact) mass is 252 g/mol. The molecule has 0 amide bonds. The third-order valence-electron chi connectivity index (χ3n) is 5.54. The molecular formula is C16H28O2. The lowest BCUT2D eigenvalue weighted by atomic mass is 9.75. The van der Waals surface area contributed by atoms with E-state index in [-0.39, 0.29) is 17.0 Å². The Morgan fingerprint density at radius 1 is 1.39 bits per heavy atom. The number of hydrogen-bond donors (Lipinski definition) is 0.